The minimum Gasteiger partial charge on any atom is -0.341 e. The topological polar surface area (TPSA) is 135 Å². The zero-order valence-corrected chi connectivity index (χ0v) is 23.5. The number of aromatic amines is 1. The molecule has 5 aromatic rings. The number of carbonyl (C=O) groups is 1. The fourth-order valence-corrected chi connectivity index (χ4v) is 4.94. The number of benzene rings is 1. The normalized spacial score (nSPS) is 15.5. The van der Waals surface area contributed by atoms with Gasteiger partial charge in [-0.2, -0.15) is 4.98 Å². The summed E-state index contributed by atoms with van der Waals surface area (Å²) in [5.41, 5.74) is 4.67. The molecule has 0 bridgehead atoms. The Kier molecular flexibility index (Phi) is 6.41. The summed E-state index contributed by atoms with van der Waals surface area (Å²) in [6.07, 6.45) is 3.12. The first-order chi connectivity index (χ1) is 19.5. The Bertz CT molecular complexity index is 1750. The number of amides is 1. The summed E-state index contributed by atoms with van der Waals surface area (Å²) in [5.74, 6) is -0.00263. The van der Waals surface area contributed by atoms with Gasteiger partial charge < -0.3 is 20.1 Å². The smallest absolute Gasteiger partial charge is 0.315 e. The predicted molar refractivity (Wildman–Crippen MR) is 152 cm³/mol. The number of H-pyrrole nitrogens is 1. The van der Waals surface area contributed by atoms with Crippen LogP contribution in [-0.2, 0) is 11.1 Å². The van der Waals surface area contributed by atoms with Crippen LogP contribution in [-0.4, -0.2) is 49.1 Å². The summed E-state index contributed by atoms with van der Waals surface area (Å²) in [6.45, 7) is 10.4. The number of hydrogen-bond acceptors (Lipinski definition) is 8. The van der Waals surface area contributed by atoms with Crippen molar-refractivity contribution in [1.82, 2.24) is 40.7 Å². The van der Waals surface area contributed by atoms with Crippen molar-refractivity contribution >= 4 is 16.9 Å². The van der Waals surface area contributed by atoms with Crippen LogP contribution >= 0.6 is 0 Å². The van der Waals surface area contributed by atoms with Crippen molar-refractivity contribution < 1.29 is 13.7 Å². The SMILES string of the molecule is Cc1cc(-c2ncnc3[nH]c(-c4ccc(C5(F)CNC5)cn4)cc23)ccc1C(C)NC(=O)c1nc(C(C)(C)C)no1. The summed E-state index contributed by atoms with van der Waals surface area (Å²) < 4.78 is 19.9. The number of carbonyl (C=O) groups excluding carboxylic acids is 1. The van der Waals surface area contributed by atoms with Crippen molar-refractivity contribution in [3.8, 4) is 22.6 Å². The highest BCUT2D eigenvalue weighted by atomic mass is 19.1. The Morgan fingerprint density at radius 1 is 1.12 bits per heavy atom. The number of nitrogens with one attached hydrogen (secondary N) is 3. The largest absolute Gasteiger partial charge is 0.341 e. The third-order valence-corrected chi connectivity index (χ3v) is 7.44. The van der Waals surface area contributed by atoms with E-state index in [1.54, 1.807) is 12.3 Å². The molecule has 6 rings (SSSR count). The quantitative estimate of drug-likeness (QED) is 0.269. The summed E-state index contributed by atoms with van der Waals surface area (Å²) in [5, 5.41) is 10.7. The van der Waals surface area contributed by atoms with E-state index in [-0.39, 0.29) is 17.3 Å². The number of nitrogens with zero attached hydrogens (tertiary/aromatic N) is 5. The van der Waals surface area contributed by atoms with Crippen molar-refractivity contribution in [2.45, 2.75) is 51.7 Å². The van der Waals surface area contributed by atoms with Gasteiger partial charge in [-0.25, -0.2) is 14.4 Å². The molecule has 4 aromatic heterocycles. The van der Waals surface area contributed by atoms with Crippen LogP contribution in [0.25, 0.3) is 33.7 Å². The van der Waals surface area contributed by atoms with Gasteiger partial charge in [0, 0.05) is 41.2 Å². The van der Waals surface area contributed by atoms with Crippen LogP contribution in [0.2, 0.25) is 0 Å². The monoisotopic (exact) mass is 554 g/mol. The molecule has 5 heterocycles. The second-order valence-electron chi connectivity index (χ2n) is 11.6. The number of alkyl halides is 1. The molecule has 0 spiro atoms. The van der Waals surface area contributed by atoms with Crippen LogP contribution in [0.3, 0.4) is 0 Å². The van der Waals surface area contributed by atoms with Crippen LogP contribution in [0, 0.1) is 6.92 Å². The zero-order chi connectivity index (χ0) is 28.9. The standard InChI is InChI=1S/C30H31FN8O2/c1-16-10-18(6-8-20(16)17(2)36-26(40)27-38-28(39-41-27)29(3,4)5)24-21-11-23(37-25(21)35-15-34-24)22-9-7-19(12-33-22)30(31)13-32-14-30/h6-12,15,17,32H,13-14H2,1-5H3,(H,36,40)(H,34,35,37). The summed E-state index contributed by atoms with van der Waals surface area (Å²) >= 11 is 0. The van der Waals surface area contributed by atoms with Crippen LogP contribution < -0.4 is 10.6 Å². The Hall–Kier alpha value is -4.51. The number of hydrogen-bond donors (Lipinski definition) is 3. The molecule has 0 saturated carbocycles. The Balaban J connectivity index is 1.23. The molecular formula is C30H31FN8O2. The van der Waals surface area contributed by atoms with Gasteiger partial charge in [-0.1, -0.05) is 44.1 Å². The number of fused-ring (bicyclic) bond motifs is 1. The highest BCUT2D eigenvalue weighted by Gasteiger charge is 2.39. The number of pyridine rings is 1. The molecular weight excluding hydrogens is 523 g/mol. The van der Waals surface area contributed by atoms with E-state index in [1.165, 1.54) is 6.33 Å². The third-order valence-electron chi connectivity index (χ3n) is 7.44. The highest BCUT2D eigenvalue weighted by molar-refractivity contribution is 5.94. The average molecular weight is 555 g/mol. The number of halogens is 1. The maximum Gasteiger partial charge on any atom is 0.315 e. The molecule has 3 N–H and O–H groups in total. The molecule has 1 amide bonds. The third kappa shape index (κ3) is 4.97. The van der Waals surface area contributed by atoms with Gasteiger partial charge in [-0.05, 0) is 43.2 Å². The first-order valence-electron chi connectivity index (χ1n) is 13.5. The molecule has 0 aliphatic carbocycles. The molecule has 1 aliphatic heterocycles. The van der Waals surface area contributed by atoms with Gasteiger partial charge in [0.25, 0.3) is 0 Å². The van der Waals surface area contributed by atoms with Crippen LogP contribution in [0.1, 0.15) is 66.9 Å². The lowest BCUT2D eigenvalue weighted by atomic mass is 9.91. The predicted octanol–water partition coefficient (Wildman–Crippen LogP) is 4.93. The fraction of sp³-hybridized carbons (Fsp3) is 0.333. The Labute approximate surface area is 236 Å². The van der Waals surface area contributed by atoms with Gasteiger partial charge in [0.05, 0.1) is 23.1 Å². The van der Waals surface area contributed by atoms with Crippen molar-refractivity contribution in [3.05, 3.63) is 77.3 Å². The molecule has 11 heteroatoms. The van der Waals surface area contributed by atoms with Gasteiger partial charge in [-0.3, -0.25) is 9.78 Å². The molecule has 1 unspecified atom stereocenters. The van der Waals surface area contributed by atoms with Crippen LogP contribution in [0.15, 0.2) is 53.4 Å². The van der Waals surface area contributed by atoms with Gasteiger partial charge in [-0.15, -0.1) is 0 Å². The zero-order valence-electron chi connectivity index (χ0n) is 23.5. The maximum atomic E-state index is 14.7. The Morgan fingerprint density at radius 2 is 1.93 bits per heavy atom. The molecule has 210 valence electrons. The van der Waals surface area contributed by atoms with E-state index in [4.69, 9.17) is 4.52 Å². The van der Waals surface area contributed by atoms with Crippen molar-refractivity contribution in [3.63, 3.8) is 0 Å². The average Bonchev–Trinajstić information content (AvgIpc) is 3.60. The first kappa shape index (κ1) is 26.7. The lowest BCUT2D eigenvalue weighted by Crippen LogP contribution is -2.53. The molecule has 1 saturated heterocycles. The molecule has 1 atom stereocenters. The second kappa shape index (κ2) is 9.84. The van der Waals surface area contributed by atoms with E-state index in [9.17, 15) is 9.18 Å². The fourth-order valence-electron chi connectivity index (χ4n) is 4.94. The van der Waals surface area contributed by atoms with Gasteiger partial charge >= 0.3 is 11.8 Å². The lowest BCUT2D eigenvalue weighted by Gasteiger charge is -2.35. The highest BCUT2D eigenvalue weighted by Crippen LogP contribution is 2.33. The second-order valence-corrected chi connectivity index (χ2v) is 11.6. The summed E-state index contributed by atoms with van der Waals surface area (Å²) in [4.78, 5) is 33.8. The molecule has 1 aliphatic rings. The van der Waals surface area contributed by atoms with Gasteiger partial charge in [0.15, 0.2) is 11.5 Å². The Morgan fingerprint density at radius 3 is 2.56 bits per heavy atom. The van der Waals surface area contributed by atoms with E-state index in [0.717, 1.165) is 33.5 Å². The van der Waals surface area contributed by atoms with E-state index in [0.29, 0.717) is 35.8 Å². The minimum absolute atomic E-state index is 0.0592. The molecule has 0 radical (unpaired) electrons. The van der Waals surface area contributed by atoms with E-state index in [2.05, 4.69) is 40.7 Å². The van der Waals surface area contributed by atoms with Crippen LogP contribution in [0.4, 0.5) is 4.39 Å². The van der Waals surface area contributed by atoms with Crippen molar-refractivity contribution in [2.75, 3.05) is 13.1 Å². The molecule has 41 heavy (non-hydrogen) atoms. The van der Waals surface area contributed by atoms with Crippen molar-refractivity contribution in [1.29, 1.82) is 0 Å². The van der Waals surface area contributed by atoms with Gasteiger partial charge in [0.1, 0.15) is 12.0 Å². The lowest BCUT2D eigenvalue weighted by molar-refractivity contribution is 0.0886. The number of aryl methyl sites for hydroxylation is 1. The molecule has 1 fully saturated rings. The number of rotatable bonds is 6. The number of aromatic nitrogens is 6. The van der Waals surface area contributed by atoms with Crippen LogP contribution in [0.5, 0.6) is 0 Å². The molecule has 10 nitrogen and oxygen atoms in total. The molecule has 1 aromatic carbocycles. The van der Waals surface area contributed by atoms with Crippen molar-refractivity contribution in [2.24, 2.45) is 0 Å². The van der Waals surface area contributed by atoms with E-state index in [1.807, 2.05) is 65.0 Å². The van der Waals surface area contributed by atoms with Gasteiger partial charge in [0.2, 0.25) is 0 Å². The van der Waals surface area contributed by atoms with E-state index >= 15 is 0 Å². The minimum atomic E-state index is -1.35. The summed E-state index contributed by atoms with van der Waals surface area (Å²) in [7, 11) is 0. The van der Waals surface area contributed by atoms with E-state index < -0.39 is 11.6 Å². The summed E-state index contributed by atoms with van der Waals surface area (Å²) in [6, 6.07) is 11.3. The maximum absolute atomic E-state index is 14.7. The first-order valence-corrected chi connectivity index (χ1v) is 13.5.